The van der Waals surface area contributed by atoms with Crippen molar-refractivity contribution in [3.8, 4) is 0 Å². The SMILES string of the molecule is CCCC(OCC)C(N)CCc1ccsc1. The van der Waals surface area contributed by atoms with E-state index in [-0.39, 0.29) is 12.1 Å². The summed E-state index contributed by atoms with van der Waals surface area (Å²) in [7, 11) is 0. The highest BCUT2D eigenvalue weighted by molar-refractivity contribution is 7.07. The summed E-state index contributed by atoms with van der Waals surface area (Å²) in [5.41, 5.74) is 7.58. The summed E-state index contributed by atoms with van der Waals surface area (Å²) in [6.45, 7) is 4.97. The van der Waals surface area contributed by atoms with Crippen LogP contribution in [-0.2, 0) is 11.2 Å². The summed E-state index contributed by atoms with van der Waals surface area (Å²) in [6, 6.07) is 2.34. The van der Waals surface area contributed by atoms with Crippen LogP contribution in [0.5, 0.6) is 0 Å². The molecular formula is C13H23NOS. The maximum absolute atomic E-state index is 6.19. The van der Waals surface area contributed by atoms with Crippen molar-refractivity contribution < 1.29 is 4.74 Å². The molecule has 0 bridgehead atoms. The monoisotopic (exact) mass is 241 g/mol. The molecule has 2 nitrogen and oxygen atoms in total. The second-order valence-electron chi connectivity index (χ2n) is 4.12. The molecule has 0 saturated carbocycles. The van der Waals surface area contributed by atoms with Crippen LogP contribution in [0.2, 0.25) is 0 Å². The zero-order valence-corrected chi connectivity index (χ0v) is 11.1. The zero-order chi connectivity index (χ0) is 11.8. The minimum Gasteiger partial charge on any atom is -0.377 e. The Morgan fingerprint density at radius 1 is 1.38 bits per heavy atom. The standard InChI is InChI=1S/C13H23NOS/c1-3-5-13(15-4-2)12(14)7-6-11-8-9-16-10-11/h8-10,12-13H,3-7,14H2,1-2H3. The first-order valence-electron chi connectivity index (χ1n) is 6.16. The Hall–Kier alpha value is -0.380. The van der Waals surface area contributed by atoms with Crippen molar-refractivity contribution in [1.29, 1.82) is 0 Å². The molecule has 0 saturated heterocycles. The van der Waals surface area contributed by atoms with E-state index in [1.54, 1.807) is 11.3 Å². The van der Waals surface area contributed by atoms with Crippen molar-refractivity contribution in [3.05, 3.63) is 22.4 Å². The van der Waals surface area contributed by atoms with Crippen molar-refractivity contribution in [2.45, 2.75) is 51.7 Å². The lowest BCUT2D eigenvalue weighted by molar-refractivity contribution is 0.0359. The molecule has 0 aliphatic carbocycles. The first-order chi connectivity index (χ1) is 7.77. The minimum atomic E-state index is 0.166. The fourth-order valence-electron chi connectivity index (χ4n) is 1.87. The van der Waals surface area contributed by atoms with Gasteiger partial charge >= 0.3 is 0 Å². The topological polar surface area (TPSA) is 35.2 Å². The second kappa shape index (κ2) is 7.82. The van der Waals surface area contributed by atoms with Crippen molar-refractivity contribution in [2.24, 2.45) is 5.73 Å². The molecule has 1 rings (SSSR count). The average molecular weight is 241 g/mol. The van der Waals surface area contributed by atoms with Crippen molar-refractivity contribution in [3.63, 3.8) is 0 Å². The molecule has 3 heteroatoms. The molecule has 0 fully saturated rings. The van der Waals surface area contributed by atoms with Gasteiger partial charge in [-0.05, 0) is 48.6 Å². The van der Waals surface area contributed by atoms with Gasteiger partial charge in [-0.1, -0.05) is 13.3 Å². The Morgan fingerprint density at radius 3 is 2.75 bits per heavy atom. The largest absolute Gasteiger partial charge is 0.377 e. The van der Waals surface area contributed by atoms with Gasteiger partial charge in [-0.3, -0.25) is 0 Å². The minimum absolute atomic E-state index is 0.166. The van der Waals surface area contributed by atoms with Gasteiger partial charge in [-0.15, -0.1) is 0 Å². The Balaban J connectivity index is 2.33. The van der Waals surface area contributed by atoms with Crippen LogP contribution in [0.1, 0.15) is 38.7 Å². The average Bonchev–Trinajstić information content (AvgIpc) is 2.78. The van der Waals surface area contributed by atoms with E-state index in [4.69, 9.17) is 10.5 Å². The van der Waals surface area contributed by atoms with E-state index in [0.717, 1.165) is 32.3 Å². The summed E-state index contributed by atoms with van der Waals surface area (Å²) >= 11 is 1.75. The van der Waals surface area contributed by atoms with Gasteiger partial charge in [-0.2, -0.15) is 11.3 Å². The number of aryl methyl sites for hydroxylation is 1. The summed E-state index contributed by atoms with van der Waals surface area (Å²) in [5, 5.41) is 4.31. The molecule has 0 amide bonds. The lowest BCUT2D eigenvalue weighted by Gasteiger charge is -2.23. The number of hydrogen-bond acceptors (Lipinski definition) is 3. The van der Waals surface area contributed by atoms with Gasteiger partial charge in [-0.25, -0.2) is 0 Å². The third kappa shape index (κ3) is 4.64. The van der Waals surface area contributed by atoms with Gasteiger partial charge in [0.2, 0.25) is 0 Å². The smallest absolute Gasteiger partial charge is 0.0725 e. The summed E-state index contributed by atoms with van der Waals surface area (Å²) in [5.74, 6) is 0. The molecule has 2 N–H and O–H groups in total. The predicted octanol–water partition coefficient (Wildman–Crippen LogP) is 3.21. The highest BCUT2D eigenvalue weighted by Crippen LogP contribution is 2.14. The van der Waals surface area contributed by atoms with Crippen LogP contribution in [-0.4, -0.2) is 18.8 Å². The summed E-state index contributed by atoms with van der Waals surface area (Å²) in [6.07, 6.45) is 4.52. The van der Waals surface area contributed by atoms with E-state index in [1.807, 2.05) is 6.92 Å². The number of nitrogens with two attached hydrogens (primary N) is 1. The van der Waals surface area contributed by atoms with E-state index < -0.39 is 0 Å². The van der Waals surface area contributed by atoms with Gasteiger partial charge < -0.3 is 10.5 Å². The Kier molecular flexibility index (Phi) is 6.69. The van der Waals surface area contributed by atoms with Crippen LogP contribution in [0.3, 0.4) is 0 Å². The van der Waals surface area contributed by atoms with Gasteiger partial charge in [0.25, 0.3) is 0 Å². The number of hydrogen-bond donors (Lipinski definition) is 1. The molecule has 1 heterocycles. The summed E-state index contributed by atoms with van der Waals surface area (Å²) < 4.78 is 5.69. The molecular weight excluding hydrogens is 218 g/mol. The molecule has 1 aromatic heterocycles. The lowest BCUT2D eigenvalue weighted by atomic mass is 10.0. The Morgan fingerprint density at radius 2 is 2.19 bits per heavy atom. The van der Waals surface area contributed by atoms with Gasteiger partial charge in [0.05, 0.1) is 6.10 Å². The van der Waals surface area contributed by atoms with Gasteiger partial charge in [0, 0.05) is 12.6 Å². The zero-order valence-electron chi connectivity index (χ0n) is 10.3. The molecule has 0 radical (unpaired) electrons. The third-order valence-electron chi connectivity index (χ3n) is 2.78. The molecule has 0 spiro atoms. The van der Waals surface area contributed by atoms with Crippen LogP contribution in [0.4, 0.5) is 0 Å². The van der Waals surface area contributed by atoms with E-state index >= 15 is 0 Å². The molecule has 2 atom stereocenters. The molecule has 16 heavy (non-hydrogen) atoms. The molecule has 2 unspecified atom stereocenters. The van der Waals surface area contributed by atoms with Gasteiger partial charge in [0.1, 0.15) is 0 Å². The second-order valence-corrected chi connectivity index (χ2v) is 4.90. The van der Waals surface area contributed by atoms with Crippen LogP contribution in [0, 0.1) is 0 Å². The highest BCUT2D eigenvalue weighted by Gasteiger charge is 2.16. The fourth-order valence-corrected chi connectivity index (χ4v) is 2.58. The van der Waals surface area contributed by atoms with Crippen molar-refractivity contribution >= 4 is 11.3 Å². The predicted molar refractivity (Wildman–Crippen MR) is 70.9 cm³/mol. The normalized spacial score (nSPS) is 14.9. The van der Waals surface area contributed by atoms with E-state index in [2.05, 4.69) is 23.8 Å². The molecule has 0 aliphatic heterocycles. The summed E-state index contributed by atoms with van der Waals surface area (Å²) in [4.78, 5) is 0. The third-order valence-corrected chi connectivity index (χ3v) is 3.51. The first-order valence-corrected chi connectivity index (χ1v) is 7.10. The van der Waals surface area contributed by atoms with Gasteiger partial charge in [0.15, 0.2) is 0 Å². The first kappa shape index (κ1) is 13.7. The Labute approximate surface area is 103 Å². The molecule has 0 aromatic carbocycles. The van der Waals surface area contributed by atoms with Crippen LogP contribution in [0.25, 0.3) is 0 Å². The van der Waals surface area contributed by atoms with E-state index in [9.17, 15) is 0 Å². The molecule has 0 aliphatic rings. The highest BCUT2D eigenvalue weighted by atomic mass is 32.1. The quantitative estimate of drug-likeness (QED) is 0.758. The van der Waals surface area contributed by atoms with Crippen LogP contribution < -0.4 is 5.73 Å². The maximum atomic E-state index is 6.19. The van der Waals surface area contributed by atoms with E-state index in [0.29, 0.717) is 0 Å². The van der Waals surface area contributed by atoms with Crippen LogP contribution >= 0.6 is 11.3 Å². The maximum Gasteiger partial charge on any atom is 0.0725 e. The van der Waals surface area contributed by atoms with Crippen molar-refractivity contribution in [2.75, 3.05) is 6.61 Å². The van der Waals surface area contributed by atoms with Crippen LogP contribution in [0.15, 0.2) is 16.8 Å². The lowest BCUT2D eigenvalue weighted by Crippen LogP contribution is -2.37. The number of rotatable bonds is 8. The fraction of sp³-hybridized carbons (Fsp3) is 0.692. The Bertz CT molecular complexity index is 255. The van der Waals surface area contributed by atoms with Crippen molar-refractivity contribution in [1.82, 2.24) is 0 Å². The number of ether oxygens (including phenoxy) is 1. The number of thiophene rings is 1. The molecule has 1 aromatic rings. The van der Waals surface area contributed by atoms with E-state index in [1.165, 1.54) is 5.56 Å². The molecule has 92 valence electrons.